The van der Waals surface area contributed by atoms with Gasteiger partial charge in [-0.2, -0.15) is 5.10 Å². The van der Waals surface area contributed by atoms with Gasteiger partial charge < -0.3 is 15.2 Å². The monoisotopic (exact) mass is 462 g/mol. The standard InChI is InChI=1S/C15H11N3O3S.C5H11NO2S/c19-15(20)14-18-13-10-2-1-8(9-6-16-17-7-9)5-11(10)21-4-3-12(13)22-14;1-6-5-2-3-9(7,8)4-5/h1-2,5-7H,3-4H2,(H,16,17)(H,19,20);5-6H,2-4H2,1H3. The molecular formula is C20H22N4O5S2. The van der Waals surface area contributed by atoms with Crippen LogP contribution in [-0.4, -0.2) is 65.9 Å². The topological polar surface area (TPSA) is 134 Å². The Morgan fingerprint density at radius 3 is 2.81 bits per heavy atom. The van der Waals surface area contributed by atoms with E-state index < -0.39 is 15.8 Å². The number of hydrogen-bond donors (Lipinski definition) is 3. The van der Waals surface area contributed by atoms with Crippen molar-refractivity contribution in [2.24, 2.45) is 0 Å². The normalized spacial score (nSPS) is 18.7. The number of H-pyrrole nitrogens is 1. The third-order valence-electron chi connectivity index (χ3n) is 5.18. The number of hydrogen-bond acceptors (Lipinski definition) is 8. The van der Waals surface area contributed by atoms with E-state index in [1.54, 1.807) is 13.2 Å². The van der Waals surface area contributed by atoms with Crippen LogP contribution >= 0.6 is 11.3 Å². The highest BCUT2D eigenvalue weighted by Gasteiger charge is 2.26. The third-order valence-corrected chi connectivity index (χ3v) is 8.05. The summed E-state index contributed by atoms with van der Waals surface area (Å²) >= 11 is 1.22. The zero-order chi connectivity index (χ0) is 22.0. The Balaban J connectivity index is 0.000000217. The first-order valence-corrected chi connectivity index (χ1v) is 12.4. The summed E-state index contributed by atoms with van der Waals surface area (Å²) in [6.45, 7) is 0.510. The first kappa shape index (κ1) is 21.5. The quantitative estimate of drug-likeness (QED) is 0.539. The van der Waals surface area contributed by atoms with Gasteiger partial charge in [0.25, 0.3) is 0 Å². The fraction of sp³-hybridized carbons (Fsp3) is 0.350. The molecule has 9 nitrogen and oxygen atoms in total. The molecule has 0 aliphatic carbocycles. The Morgan fingerprint density at radius 2 is 2.19 bits per heavy atom. The van der Waals surface area contributed by atoms with Crippen LogP contribution in [-0.2, 0) is 16.3 Å². The number of rotatable bonds is 3. The van der Waals surface area contributed by atoms with Crippen molar-refractivity contribution in [1.82, 2.24) is 20.5 Å². The van der Waals surface area contributed by atoms with Crippen LogP contribution in [0, 0.1) is 0 Å². The summed E-state index contributed by atoms with van der Waals surface area (Å²) < 4.78 is 27.3. The lowest BCUT2D eigenvalue weighted by Crippen LogP contribution is -2.25. The molecule has 1 fully saturated rings. The average Bonchev–Trinajstić information content (AvgIpc) is 3.47. The minimum absolute atomic E-state index is 0.122. The van der Waals surface area contributed by atoms with Crippen molar-refractivity contribution in [3.63, 3.8) is 0 Å². The summed E-state index contributed by atoms with van der Waals surface area (Å²) in [5.74, 6) is 0.414. The molecule has 0 bridgehead atoms. The summed E-state index contributed by atoms with van der Waals surface area (Å²) in [6, 6.07) is 6.03. The summed E-state index contributed by atoms with van der Waals surface area (Å²) in [6.07, 6.45) is 5.00. The second kappa shape index (κ2) is 8.77. The highest BCUT2D eigenvalue weighted by atomic mass is 32.2. The number of ether oxygens (including phenoxy) is 1. The Morgan fingerprint density at radius 1 is 1.35 bits per heavy atom. The molecule has 2 aliphatic heterocycles. The van der Waals surface area contributed by atoms with Gasteiger partial charge in [0.1, 0.15) is 5.75 Å². The highest BCUT2D eigenvalue weighted by Crippen LogP contribution is 2.39. The second-order valence-electron chi connectivity index (χ2n) is 7.28. The Hall–Kier alpha value is -2.76. The maximum atomic E-state index is 11.1. The molecule has 3 aromatic rings. The van der Waals surface area contributed by atoms with E-state index in [2.05, 4.69) is 20.5 Å². The third kappa shape index (κ3) is 4.78. The summed E-state index contributed by atoms with van der Waals surface area (Å²) in [7, 11) is -0.873. The number of aromatic carboxylic acids is 1. The minimum Gasteiger partial charge on any atom is -0.492 e. The van der Waals surface area contributed by atoms with Gasteiger partial charge in [0.15, 0.2) is 9.84 Å². The summed E-state index contributed by atoms with van der Waals surface area (Å²) in [5.41, 5.74) is 3.52. The van der Waals surface area contributed by atoms with Crippen molar-refractivity contribution in [3.8, 4) is 28.1 Å². The molecule has 4 heterocycles. The molecule has 0 spiro atoms. The first-order chi connectivity index (χ1) is 14.9. The number of thiazole rings is 1. The Labute approximate surface area is 183 Å². The van der Waals surface area contributed by atoms with Crippen LogP contribution in [0.4, 0.5) is 0 Å². The molecule has 1 unspecified atom stereocenters. The number of fused-ring (bicyclic) bond motifs is 3. The van der Waals surface area contributed by atoms with Gasteiger partial charge in [0.05, 0.1) is 30.0 Å². The molecule has 31 heavy (non-hydrogen) atoms. The smallest absolute Gasteiger partial charge is 0.365 e. The predicted octanol–water partition coefficient (Wildman–Crippen LogP) is 2.23. The lowest BCUT2D eigenvalue weighted by Gasteiger charge is -2.08. The molecule has 0 saturated carbocycles. The van der Waals surface area contributed by atoms with Gasteiger partial charge in [-0.05, 0) is 31.2 Å². The number of nitrogens with one attached hydrogen (secondary N) is 2. The molecule has 1 saturated heterocycles. The van der Waals surface area contributed by atoms with Crippen LogP contribution in [0.5, 0.6) is 5.75 Å². The highest BCUT2D eigenvalue weighted by molar-refractivity contribution is 7.91. The van der Waals surface area contributed by atoms with Crippen LogP contribution in [0.15, 0.2) is 30.6 Å². The molecule has 1 atom stereocenters. The van der Waals surface area contributed by atoms with Crippen molar-refractivity contribution in [2.45, 2.75) is 18.9 Å². The molecule has 0 radical (unpaired) electrons. The Bertz CT molecular complexity index is 1190. The maximum absolute atomic E-state index is 11.1. The number of aromatic amines is 1. The van der Waals surface area contributed by atoms with E-state index in [0.29, 0.717) is 30.2 Å². The fourth-order valence-electron chi connectivity index (χ4n) is 3.53. The zero-order valence-corrected chi connectivity index (χ0v) is 18.4. The van der Waals surface area contributed by atoms with Crippen molar-refractivity contribution in [2.75, 3.05) is 25.2 Å². The van der Waals surface area contributed by atoms with Crippen molar-refractivity contribution >= 4 is 27.1 Å². The number of carboxylic acid groups (broad SMARTS) is 1. The number of nitrogens with zero attached hydrogens (tertiary/aromatic N) is 2. The molecule has 1 aromatic carbocycles. The first-order valence-electron chi connectivity index (χ1n) is 9.73. The molecule has 2 aromatic heterocycles. The predicted molar refractivity (Wildman–Crippen MR) is 117 cm³/mol. The maximum Gasteiger partial charge on any atom is 0.365 e. The van der Waals surface area contributed by atoms with E-state index in [-0.39, 0.29) is 11.0 Å². The van der Waals surface area contributed by atoms with Gasteiger partial charge in [0, 0.05) is 34.7 Å². The average molecular weight is 463 g/mol. The number of aromatic nitrogens is 3. The van der Waals surface area contributed by atoms with Gasteiger partial charge >= 0.3 is 5.97 Å². The second-order valence-corrected chi connectivity index (χ2v) is 10.6. The molecule has 0 amide bonds. The van der Waals surface area contributed by atoms with E-state index in [4.69, 9.17) is 9.84 Å². The van der Waals surface area contributed by atoms with E-state index >= 15 is 0 Å². The van der Waals surface area contributed by atoms with Gasteiger partial charge in [-0.15, -0.1) is 11.3 Å². The van der Waals surface area contributed by atoms with Crippen LogP contribution in [0.2, 0.25) is 0 Å². The fourth-order valence-corrected chi connectivity index (χ4v) is 6.18. The van der Waals surface area contributed by atoms with E-state index in [1.807, 2.05) is 24.4 Å². The molecular weight excluding hydrogens is 440 g/mol. The van der Waals surface area contributed by atoms with Crippen LogP contribution in [0.3, 0.4) is 0 Å². The molecule has 11 heteroatoms. The zero-order valence-electron chi connectivity index (χ0n) is 16.8. The lowest BCUT2D eigenvalue weighted by molar-refractivity contribution is 0.0696. The van der Waals surface area contributed by atoms with Gasteiger partial charge in [0.2, 0.25) is 5.01 Å². The molecule has 164 valence electrons. The lowest BCUT2D eigenvalue weighted by atomic mass is 10.0. The van der Waals surface area contributed by atoms with E-state index in [1.165, 1.54) is 11.3 Å². The van der Waals surface area contributed by atoms with Crippen molar-refractivity contribution < 1.29 is 23.1 Å². The van der Waals surface area contributed by atoms with E-state index in [0.717, 1.165) is 33.7 Å². The van der Waals surface area contributed by atoms with Gasteiger partial charge in [-0.1, -0.05) is 6.07 Å². The number of carboxylic acids is 1. The van der Waals surface area contributed by atoms with Crippen LogP contribution in [0.1, 0.15) is 21.1 Å². The van der Waals surface area contributed by atoms with Crippen molar-refractivity contribution in [1.29, 1.82) is 0 Å². The van der Waals surface area contributed by atoms with Crippen LogP contribution in [0.25, 0.3) is 22.4 Å². The van der Waals surface area contributed by atoms with E-state index in [9.17, 15) is 13.2 Å². The Kier molecular flexibility index (Phi) is 6.08. The SMILES string of the molecule is CNC1CCS(=O)(=O)C1.O=C(O)c1nc2c(s1)CCOc1cc(-c3cn[nH]c3)ccc1-2. The minimum atomic E-state index is -2.67. The molecule has 2 aliphatic rings. The van der Waals surface area contributed by atoms with Gasteiger partial charge in [-0.3, -0.25) is 5.10 Å². The number of benzene rings is 1. The summed E-state index contributed by atoms with van der Waals surface area (Å²) in [4.78, 5) is 16.3. The summed E-state index contributed by atoms with van der Waals surface area (Å²) in [5, 5.41) is 18.9. The largest absolute Gasteiger partial charge is 0.492 e. The van der Waals surface area contributed by atoms with Crippen molar-refractivity contribution in [3.05, 3.63) is 40.5 Å². The molecule has 5 rings (SSSR count). The van der Waals surface area contributed by atoms with Gasteiger partial charge in [-0.25, -0.2) is 18.2 Å². The van der Waals surface area contributed by atoms with Crippen LogP contribution < -0.4 is 10.1 Å². The molecule has 3 N–H and O–H groups in total. The number of carbonyl (C=O) groups is 1. The number of sulfone groups is 1.